The average Bonchev–Trinajstić information content (AvgIpc) is 2.32. The van der Waals surface area contributed by atoms with Gasteiger partial charge in [0.05, 0.1) is 0 Å². The van der Waals surface area contributed by atoms with E-state index in [0.717, 1.165) is 4.47 Å². The van der Waals surface area contributed by atoms with Gasteiger partial charge in [-0.05, 0) is 24.3 Å². The van der Waals surface area contributed by atoms with Crippen molar-refractivity contribution >= 4 is 15.9 Å². The molecule has 0 atom stereocenters. The van der Waals surface area contributed by atoms with E-state index < -0.39 is 6.43 Å². The zero-order valence-electron chi connectivity index (χ0n) is 8.53. The Balaban J connectivity index is 2.18. The van der Waals surface area contributed by atoms with Gasteiger partial charge in [-0.3, -0.25) is 0 Å². The van der Waals surface area contributed by atoms with Gasteiger partial charge in [-0.2, -0.15) is 0 Å². The van der Waals surface area contributed by atoms with E-state index in [0.29, 0.717) is 5.75 Å². The van der Waals surface area contributed by atoms with E-state index >= 15 is 0 Å². The van der Waals surface area contributed by atoms with Gasteiger partial charge in [0, 0.05) is 28.4 Å². The summed E-state index contributed by atoms with van der Waals surface area (Å²) >= 11 is 3.29. The van der Waals surface area contributed by atoms with Crippen LogP contribution < -0.4 is 4.74 Å². The maximum absolute atomic E-state index is 12.4. The number of halogens is 3. The van der Waals surface area contributed by atoms with E-state index in [1.807, 2.05) is 0 Å². The standard InChI is InChI=1S/C12H7BrF2NO/c13-9-1-3-10(4-2-9)17-11-7-8(12(14)15)5-6-16-11/h1-4,6-7,12H. The monoisotopic (exact) mass is 298 g/mol. The molecule has 1 heterocycles. The van der Waals surface area contributed by atoms with Crippen molar-refractivity contribution in [2.75, 3.05) is 0 Å². The van der Waals surface area contributed by atoms with Crippen LogP contribution in [0.5, 0.6) is 11.6 Å². The van der Waals surface area contributed by atoms with E-state index in [1.54, 1.807) is 24.3 Å². The molecule has 1 aromatic heterocycles. The number of hydrogen-bond acceptors (Lipinski definition) is 2. The summed E-state index contributed by atoms with van der Waals surface area (Å²) in [5.41, 5.74) is -0.230. The number of nitrogens with zero attached hydrogens (tertiary/aromatic N) is 1. The van der Waals surface area contributed by atoms with Crippen molar-refractivity contribution < 1.29 is 13.5 Å². The van der Waals surface area contributed by atoms with Crippen LogP contribution in [0.4, 0.5) is 8.78 Å². The van der Waals surface area contributed by atoms with Crippen molar-refractivity contribution in [2.45, 2.75) is 6.43 Å². The van der Waals surface area contributed by atoms with Crippen LogP contribution in [0.25, 0.3) is 0 Å². The maximum Gasteiger partial charge on any atom is 0.264 e. The normalized spacial score (nSPS) is 10.6. The predicted molar refractivity (Wildman–Crippen MR) is 62.2 cm³/mol. The molecule has 0 saturated heterocycles. The summed E-state index contributed by atoms with van der Waals surface area (Å²) in [6.45, 7) is 0. The van der Waals surface area contributed by atoms with E-state index in [2.05, 4.69) is 27.0 Å². The largest absolute Gasteiger partial charge is 0.439 e. The molecule has 2 aromatic rings. The molecule has 1 radical (unpaired) electrons. The fraction of sp³-hybridized carbons (Fsp3) is 0.0833. The number of ether oxygens (including phenoxy) is 1. The highest BCUT2D eigenvalue weighted by molar-refractivity contribution is 9.10. The fourth-order valence-corrected chi connectivity index (χ4v) is 1.45. The Morgan fingerprint density at radius 3 is 2.59 bits per heavy atom. The van der Waals surface area contributed by atoms with Crippen LogP contribution >= 0.6 is 15.9 Å². The van der Waals surface area contributed by atoms with Gasteiger partial charge in [-0.1, -0.05) is 15.9 Å². The number of rotatable bonds is 3. The van der Waals surface area contributed by atoms with Crippen LogP contribution in [0.15, 0.2) is 41.0 Å². The van der Waals surface area contributed by atoms with Gasteiger partial charge in [0.1, 0.15) is 5.75 Å². The van der Waals surface area contributed by atoms with Crippen molar-refractivity contribution in [1.82, 2.24) is 4.98 Å². The van der Waals surface area contributed by atoms with Gasteiger partial charge < -0.3 is 4.74 Å². The third-order valence-electron chi connectivity index (χ3n) is 1.97. The molecule has 0 spiro atoms. The molecule has 0 unspecified atom stereocenters. The first-order chi connectivity index (χ1) is 8.15. The third-order valence-corrected chi connectivity index (χ3v) is 2.50. The smallest absolute Gasteiger partial charge is 0.264 e. The Labute approximate surface area is 105 Å². The van der Waals surface area contributed by atoms with Crippen molar-refractivity contribution in [2.24, 2.45) is 0 Å². The van der Waals surface area contributed by atoms with E-state index in [4.69, 9.17) is 4.74 Å². The number of hydrogen-bond donors (Lipinski definition) is 0. The molecule has 0 aliphatic rings. The molecule has 0 N–H and O–H groups in total. The molecule has 0 amide bonds. The second kappa shape index (κ2) is 5.23. The summed E-state index contributed by atoms with van der Waals surface area (Å²) in [6, 6.07) is 10.5. The fourth-order valence-electron chi connectivity index (χ4n) is 1.19. The average molecular weight is 299 g/mol. The minimum Gasteiger partial charge on any atom is -0.439 e. The summed E-state index contributed by atoms with van der Waals surface area (Å²) in [7, 11) is 0. The van der Waals surface area contributed by atoms with Gasteiger partial charge in [0.2, 0.25) is 5.88 Å². The molecule has 0 fully saturated rings. The van der Waals surface area contributed by atoms with Crippen LogP contribution in [0.3, 0.4) is 0 Å². The quantitative estimate of drug-likeness (QED) is 0.839. The minimum absolute atomic E-state index is 0.126. The zero-order valence-corrected chi connectivity index (χ0v) is 10.1. The number of aromatic nitrogens is 1. The lowest BCUT2D eigenvalue weighted by Gasteiger charge is -2.05. The Morgan fingerprint density at radius 1 is 1.24 bits per heavy atom. The highest BCUT2D eigenvalue weighted by Gasteiger charge is 2.09. The van der Waals surface area contributed by atoms with Gasteiger partial charge in [0.15, 0.2) is 0 Å². The lowest BCUT2D eigenvalue weighted by atomic mass is 10.3. The topological polar surface area (TPSA) is 22.1 Å². The van der Waals surface area contributed by atoms with Crippen molar-refractivity contribution in [1.29, 1.82) is 0 Å². The highest BCUT2D eigenvalue weighted by atomic mass is 79.9. The molecule has 0 bridgehead atoms. The highest BCUT2D eigenvalue weighted by Crippen LogP contribution is 2.25. The summed E-state index contributed by atoms with van der Waals surface area (Å²) in [4.78, 5) is 3.82. The summed E-state index contributed by atoms with van der Waals surface area (Å²) in [5, 5.41) is 0. The van der Waals surface area contributed by atoms with Crippen LogP contribution in [0.1, 0.15) is 12.0 Å². The number of benzene rings is 1. The van der Waals surface area contributed by atoms with Crippen LogP contribution in [-0.4, -0.2) is 4.98 Å². The Bertz CT molecular complexity index is 502. The van der Waals surface area contributed by atoms with Gasteiger partial charge in [-0.15, -0.1) is 0 Å². The van der Waals surface area contributed by atoms with Crippen LogP contribution in [-0.2, 0) is 0 Å². The van der Waals surface area contributed by atoms with E-state index in [1.165, 1.54) is 12.3 Å². The molecule has 1 aromatic carbocycles. The van der Waals surface area contributed by atoms with Crippen LogP contribution in [0, 0.1) is 6.07 Å². The Morgan fingerprint density at radius 2 is 1.94 bits per heavy atom. The second-order valence-electron chi connectivity index (χ2n) is 3.20. The number of pyridine rings is 1. The van der Waals surface area contributed by atoms with Gasteiger partial charge in [0.25, 0.3) is 6.43 Å². The van der Waals surface area contributed by atoms with Gasteiger partial charge in [-0.25, -0.2) is 13.8 Å². The first-order valence-electron chi connectivity index (χ1n) is 4.74. The lowest BCUT2D eigenvalue weighted by molar-refractivity contribution is 0.150. The molecule has 2 nitrogen and oxygen atoms in total. The molecule has 0 aliphatic carbocycles. The molecular weight excluding hydrogens is 292 g/mol. The number of alkyl halides is 2. The molecular formula is C12H7BrF2NO. The third kappa shape index (κ3) is 3.23. The molecule has 5 heteroatoms. The predicted octanol–water partition coefficient (Wildman–Crippen LogP) is 4.37. The van der Waals surface area contributed by atoms with E-state index in [9.17, 15) is 8.78 Å². The summed E-state index contributed by atoms with van der Waals surface area (Å²) in [6.07, 6.45) is -1.40. The first-order valence-corrected chi connectivity index (χ1v) is 5.53. The zero-order chi connectivity index (χ0) is 12.3. The Hall–Kier alpha value is -1.49. The van der Waals surface area contributed by atoms with Gasteiger partial charge >= 0.3 is 0 Å². The minimum atomic E-state index is -2.58. The Kier molecular flexibility index (Phi) is 3.68. The molecule has 0 saturated carbocycles. The lowest BCUT2D eigenvalue weighted by Crippen LogP contribution is -1.91. The second-order valence-corrected chi connectivity index (χ2v) is 4.11. The summed E-state index contributed by atoms with van der Waals surface area (Å²) in [5.74, 6) is 0.661. The van der Waals surface area contributed by atoms with Crippen molar-refractivity contribution in [3.05, 3.63) is 52.6 Å². The van der Waals surface area contributed by atoms with Crippen molar-refractivity contribution in [3.8, 4) is 11.6 Å². The van der Waals surface area contributed by atoms with Crippen LogP contribution in [0.2, 0.25) is 0 Å². The molecule has 2 rings (SSSR count). The molecule has 17 heavy (non-hydrogen) atoms. The maximum atomic E-state index is 12.4. The van der Waals surface area contributed by atoms with Crippen molar-refractivity contribution in [3.63, 3.8) is 0 Å². The van der Waals surface area contributed by atoms with E-state index in [-0.39, 0.29) is 11.4 Å². The SMILES string of the molecule is FC(F)c1[c]cnc(Oc2ccc(Br)cc2)c1. The summed E-state index contributed by atoms with van der Waals surface area (Å²) < 4.78 is 31.1. The molecule has 87 valence electrons. The first kappa shape index (κ1) is 12.0. The molecule has 0 aliphatic heterocycles.